The molecule has 0 aliphatic heterocycles. The number of nitrogens with one attached hydrogen (secondary N) is 1. The zero-order valence-corrected chi connectivity index (χ0v) is 11.9. The molecule has 0 aliphatic rings. The van der Waals surface area contributed by atoms with Crippen LogP contribution in [0, 0.1) is 6.92 Å². The topological polar surface area (TPSA) is 85.8 Å². The maximum absolute atomic E-state index is 12.1. The molecular weight excluding hydrogens is 274 g/mol. The molecule has 3 rings (SSSR count). The molecule has 7 heteroatoms. The fourth-order valence-corrected chi connectivity index (χ4v) is 2.88. The lowest BCUT2D eigenvalue weighted by Gasteiger charge is -1.98. The van der Waals surface area contributed by atoms with Crippen molar-refractivity contribution in [3.05, 3.63) is 35.7 Å². The summed E-state index contributed by atoms with van der Waals surface area (Å²) in [5, 5.41) is 7.31. The highest BCUT2D eigenvalue weighted by atomic mass is 32.1. The van der Waals surface area contributed by atoms with Gasteiger partial charge in [-0.05, 0) is 24.6 Å². The van der Waals surface area contributed by atoms with E-state index < -0.39 is 0 Å². The molecule has 2 heterocycles. The summed E-state index contributed by atoms with van der Waals surface area (Å²) < 4.78 is 2.54. The standard InChI is InChI=1S/C13H13N5OS/c1-7-3-4-9-10(5-7)20-13(15-9)16-12(19)11-8(14)6-18(2)17-11/h3-6H,14H2,1-2H3,(H,15,16,19). The zero-order valence-electron chi connectivity index (χ0n) is 11.0. The maximum atomic E-state index is 12.1. The average Bonchev–Trinajstić information content (AvgIpc) is 2.91. The molecule has 0 spiro atoms. The molecule has 102 valence electrons. The first kappa shape index (κ1) is 12.6. The lowest BCUT2D eigenvalue weighted by atomic mass is 10.2. The van der Waals surface area contributed by atoms with Gasteiger partial charge in [-0.25, -0.2) is 4.98 Å². The van der Waals surface area contributed by atoms with Gasteiger partial charge in [0.05, 0.1) is 15.9 Å². The van der Waals surface area contributed by atoms with Crippen LogP contribution in [0.4, 0.5) is 10.8 Å². The number of hydrogen-bond acceptors (Lipinski definition) is 5. The van der Waals surface area contributed by atoms with Crippen molar-refractivity contribution in [3.8, 4) is 0 Å². The highest BCUT2D eigenvalue weighted by Gasteiger charge is 2.16. The Bertz CT molecular complexity index is 804. The number of hydrogen-bond donors (Lipinski definition) is 2. The number of rotatable bonds is 2. The lowest BCUT2D eigenvalue weighted by Crippen LogP contribution is -2.14. The number of aryl methyl sites for hydroxylation is 2. The van der Waals surface area contributed by atoms with E-state index in [9.17, 15) is 4.79 Å². The summed E-state index contributed by atoms with van der Waals surface area (Å²) in [5.41, 5.74) is 8.32. The van der Waals surface area contributed by atoms with E-state index in [1.54, 1.807) is 13.2 Å². The SMILES string of the molecule is Cc1ccc2nc(NC(=O)c3nn(C)cc3N)sc2c1. The minimum absolute atomic E-state index is 0.211. The van der Waals surface area contributed by atoms with Crippen LogP contribution in [0.1, 0.15) is 16.1 Å². The van der Waals surface area contributed by atoms with E-state index >= 15 is 0 Å². The van der Waals surface area contributed by atoms with Gasteiger partial charge in [-0.1, -0.05) is 17.4 Å². The highest BCUT2D eigenvalue weighted by Crippen LogP contribution is 2.27. The second-order valence-electron chi connectivity index (χ2n) is 4.55. The largest absolute Gasteiger partial charge is 0.396 e. The van der Waals surface area contributed by atoms with Gasteiger partial charge in [-0.3, -0.25) is 14.8 Å². The Labute approximate surface area is 119 Å². The van der Waals surface area contributed by atoms with Crippen molar-refractivity contribution in [2.24, 2.45) is 7.05 Å². The number of nitrogens with zero attached hydrogens (tertiary/aromatic N) is 3. The summed E-state index contributed by atoms with van der Waals surface area (Å²) in [7, 11) is 1.72. The average molecular weight is 287 g/mol. The number of amides is 1. The van der Waals surface area contributed by atoms with E-state index in [4.69, 9.17) is 5.73 Å². The summed E-state index contributed by atoms with van der Waals surface area (Å²) in [5.74, 6) is -0.348. The minimum atomic E-state index is -0.348. The van der Waals surface area contributed by atoms with Crippen LogP contribution in [0.25, 0.3) is 10.2 Å². The van der Waals surface area contributed by atoms with Gasteiger partial charge in [0.1, 0.15) is 0 Å². The van der Waals surface area contributed by atoms with Gasteiger partial charge >= 0.3 is 0 Å². The van der Waals surface area contributed by atoms with Crippen molar-refractivity contribution in [2.75, 3.05) is 11.1 Å². The monoisotopic (exact) mass is 287 g/mol. The molecule has 0 saturated carbocycles. The van der Waals surface area contributed by atoms with Gasteiger partial charge in [-0.2, -0.15) is 5.10 Å². The number of carbonyl (C=O) groups excluding carboxylic acids is 1. The fraction of sp³-hybridized carbons (Fsp3) is 0.154. The van der Waals surface area contributed by atoms with Crippen LogP contribution in [0.15, 0.2) is 24.4 Å². The van der Waals surface area contributed by atoms with Gasteiger partial charge in [0.15, 0.2) is 10.8 Å². The molecule has 0 fully saturated rings. The third-order valence-corrected chi connectivity index (χ3v) is 3.77. The van der Waals surface area contributed by atoms with E-state index in [1.807, 2.05) is 25.1 Å². The third-order valence-electron chi connectivity index (χ3n) is 2.84. The molecule has 3 N–H and O–H groups in total. The summed E-state index contributed by atoms with van der Waals surface area (Å²) >= 11 is 1.43. The maximum Gasteiger partial charge on any atom is 0.280 e. The van der Waals surface area contributed by atoms with Crippen molar-refractivity contribution in [3.63, 3.8) is 0 Å². The van der Waals surface area contributed by atoms with Crippen LogP contribution in [-0.2, 0) is 7.05 Å². The molecule has 2 aromatic heterocycles. The van der Waals surface area contributed by atoms with Gasteiger partial charge in [0.25, 0.3) is 5.91 Å². The first-order valence-corrected chi connectivity index (χ1v) is 6.82. The van der Waals surface area contributed by atoms with Gasteiger partial charge < -0.3 is 5.73 Å². The molecule has 6 nitrogen and oxygen atoms in total. The summed E-state index contributed by atoms with van der Waals surface area (Å²) in [6.45, 7) is 2.02. The number of aromatic nitrogens is 3. The lowest BCUT2D eigenvalue weighted by molar-refractivity contribution is 0.102. The van der Waals surface area contributed by atoms with Gasteiger partial charge in [0, 0.05) is 13.2 Å². The van der Waals surface area contributed by atoms with Crippen LogP contribution >= 0.6 is 11.3 Å². The van der Waals surface area contributed by atoms with Crippen LogP contribution < -0.4 is 11.1 Å². The molecule has 0 radical (unpaired) electrons. The summed E-state index contributed by atoms with van der Waals surface area (Å²) in [6.07, 6.45) is 1.59. The summed E-state index contributed by atoms with van der Waals surface area (Å²) in [4.78, 5) is 16.5. The van der Waals surface area contributed by atoms with E-state index in [2.05, 4.69) is 15.4 Å². The Balaban J connectivity index is 1.89. The molecule has 1 aromatic carbocycles. The Kier molecular flexibility index (Phi) is 2.90. The fourth-order valence-electron chi connectivity index (χ4n) is 1.92. The van der Waals surface area contributed by atoms with Gasteiger partial charge in [0.2, 0.25) is 0 Å². The smallest absolute Gasteiger partial charge is 0.280 e. The number of carbonyl (C=O) groups is 1. The molecule has 1 amide bonds. The molecule has 0 saturated heterocycles. The van der Waals surface area contributed by atoms with Crippen molar-refractivity contribution < 1.29 is 4.79 Å². The number of thiazole rings is 1. The first-order chi connectivity index (χ1) is 9.52. The minimum Gasteiger partial charge on any atom is -0.396 e. The first-order valence-electron chi connectivity index (χ1n) is 6.00. The Hall–Kier alpha value is -2.41. The van der Waals surface area contributed by atoms with Crippen molar-refractivity contribution in [2.45, 2.75) is 6.92 Å². The molecule has 0 atom stereocenters. The van der Waals surface area contributed by atoms with E-state index in [-0.39, 0.29) is 11.6 Å². The van der Waals surface area contributed by atoms with Crippen LogP contribution in [-0.4, -0.2) is 20.7 Å². The van der Waals surface area contributed by atoms with E-state index in [0.717, 1.165) is 15.8 Å². The molecular formula is C13H13N5OS. The van der Waals surface area contributed by atoms with Crippen molar-refractivity contribution in [1.82, 2.24) is 14.8 Å². The normalized spacial score (nSPS) is 10.9. The van der Waals surface area contributed by atoms with Crippen molar-refractivity contribution in [1.29, 1.82) is 0 Å². The zero-order chi connectivity index (χ0) is 14.3. The number of nitrogen functional groups attached to an aromatic ring is 1. The van der Waals surface area contributed by atoms with E-state index in [0.29, 0.717) is 10.8 Å². The van der Waals surface area contributed by atoms with Crippen molar-refractivity contribution >= 4 is 38.3 Å². The number of anilines is 2. The van der Waals surface area contributed by atoms with Crippen LogP contribution in [0.3, 0.4) is 0 Å². The molecule has 3 aromatic rings. The third kappa shape index (κ3) is 2.23. The van der Waals surface area contributed by atoms with Gasteiger partial charge in [-0.15, -0.1) is 0 Å². The highest BCUT2D eigenvalue weighted by molar-refractivity contribution is 7.22. The Morgan fingerprint density at radius 2 is 2.25 bits per heavy atom. The number of nitrogens with two attached hydrogens (primary N) is 1. The van der Waals surface area contributed by atoms with Crippen LogP contribution in [0.2, 0.25) is 0 Å². The predicted molar refractivity (Wildman–Crippen MR) is 79.9 cm³/mol. The quantitative estimate of drug-likeness (QED) is 0.756. The molecule has 0 unspecified atom stereocenters. The van der Waals surface area contributed by atoms with E-state index in [1.165, 1.54) is 16.0 Å². The molecule has 0 aliphatic carbocycles. The number of benzene rings is 1. The second kappa shape index (κ2) is 4.61. The predicted octanol–water partition coefficient (Wildman–Crippen LogP) is 2.17. The Morgan fingerprint density at radius 1 is 1.45 bits per heavy atom. The Morgan fingerprint density at radius 3 is 2.95 bits per heavy atom. The van der Waals surface area contributed by atoms with Crippen LogP contribution in [0.5, 0.6) is 0 Å². The molecule has 20 heavy (non-hydrogen) atoms. The summed E-state index contributed by atoms with van der Waals surface area (Å²) in [6, 6.07) is 5.97. The second-order valence-corrected chi connectivity index (χ2v) is 5.58. The molecule has 0 bridgehead atoms. The number of fused-ring (bicyclic) bond motifs is 1.